The lowest BCUT2D eigenvalue weighted by Gasteiger charge is -2.08. The first-order valence-electron chi connectivity index (χ1n) is 4.85. The van der Waals surface area contributed by atoms with E-state index in [-0.39, 0.29) is 0 Å². The molecule has 2 nitrogen and oxygen atoms in total. The molecule has 2 rings (SSSR count). The van der Waals surface area contributed by atoms with Gasteiger partial charge in [-0.25, -0.2) is 4.98 Å². The fourth-order valence-corrected chi connectivity index (χ4v) is 2.18. The molecule has 0 radical (unpaired) electrons. The van der Waals surface area contributed by atoms with Crippen molar-refractivity contribution >= 4 is 11.8 Å². The third-order valence-corrected chi connectivity index (χ3v) is 3.12. The molecule has 0 aromatic carbocycles. The minimum Gasteiger partial charge on any atom is -0.260 e. The lowest BCUT2D eigenvalue weighted by molar-refractivity contribution is 0.995. The largest absolute Gasteiger partial charge is 0.260 e. The fourth-order valence-electron chi connectivity index (χ4n) is 1.27. The molecule has 0 aliphatic carbocycles. The van der Waals surface area contributed by atoms with E-state index in [9.17, 15) is 0 Å². The van der Waals surface area contributed by atoms with Crippen molar-refractivity contribution in [1.29, 1.82) is 0 Å². The van der Waals surface area contributed by atoms with Crippen LogP contribution in [0.3, 0.4) is 0 Å². The van der Waals surface area contributed by atoms with E-state index in [1.807, 2.05) is 48.8 Å². The highest BCUT2D eigenvalue weighted by Gasteiger charge is 2.08. The normalized spacial score (nSPS) is 12.3. The predicted molar refractivity (Wildman–Crippen MR) is 62.7 cm³/mol. The third-order valence-electron chi connectivity index (χ3n) is 2.04. The summed E-state index contributed by atoms with van der Waals surface area (Å²) >= 11 is 1.72. The van der Waals surface area contributed by atoms with Crippen molar-refractivity contribution in [1.82, 2.24) is 9.97 Å². The van der Waals surface area contributed by atoms with Crippen LogP contribution in [0.2, 0.25) is 0 Å². The van der Waals surface area contributed by atoms with Crippen LogP contribution in [0.15, 0.2) is 53.8 Å². The molecular weight excluding hydrogens is 204 g/mol. The molecule has 0 fully saturated rings. The molecule has 2 heterocycles. The molecule has 0 saturated heterocycles. The molecule has 1 atom stereocenters. The van der Waals surface area contributed by atoms with Gasteiger partial charge in [0, 0.05) is 12.4 Å². The molecule has 0 N–H and O–H groups in total. The van der Waals surface area contributed by atoms with Crippen molar-refractivity contribution in [3.63, 3.8) is 0 Å². The number of hydrogen-bond acceptors (Lipinski definition) is 3. The van der Waals surface area contributed by atoms with Gasteiger partial charge in [-0.1, -0.05) is 23.9 Å². The van der Waals surface area contributed by atoms with Gasteiger partial charge in [0.05, 0.1) is 16.0 Å². The van der Waals surface area contributed by atoms with Crippen LogP contribution in [0.5, 0.6) is 0 Å². The molecule has 76 valence electrons. The summed E-state index contributed by atoms with van der Waals surface area (Å²) in [6.45, 7) is 2.14. The van der Waals surface area contributed by atoms with Crippen molar-refractivity contribution in [2.24, 2.45) is 0 Å². The zero-order valence-corrected chi connectivity index (χ0v) is 9.32. The molecule has 0 unspecified atom stereocenters. The van der Waals surface area contributed by atoms with Gasteiger partial charge >= 0.3 is 0 Å². The first-order chi connectivity index (χ1) is 7.36. The lowest BCUT2D eigenvalue weighted by Crippen LogP contribution is -1.92. The van der Waals surface area contributed by atoms with Gasteiger partial charge in [0.2, 0.25) is 0 Å². The molecule has 0 spiro atoms. The molecule has 0 saturated carbocycles. The Morgan fingerprint density at radius 2 is 1.73 bits per heavy atom. The second-order valence-corrected chi connectivity index (χ2v) is 4.54. The van der Waals surface area contributed by atoms with Gasteiger partial charge in [-0.2, -0.15) is 0 Å². The Bertz CT molecular complexity index is 402. The third kappa shape index (κ3) is 2.80. The van der Waals surface area contributed by atoms with E-state index in [0.29, 0.717) is 5.25 Å². The minimum absolute atomic E-state index is 0.334. The summed E-state index contributed by atoms with van der Waals surface area (Å²) in [4.78, 5) is 8.61. The van der Waals surface area contributed by atoms with Crippen LogP contribution in [0, 0.1) is 0 Å². The Labute approximate surface area is 93.8 Å². The summed E-state index contributed by atoms with van der Waals surface area (Å²) < 4.78 is 0. The topological polar surface area (TPSA) is 25.8 Å². The zero-order chi connectivity index (χ0) is 10.5. The highest BCUT2D eigenvalue weighted by atomic mass is 32.2. The van der Waals surface area contributed by atoms with Crippen LogP contribution < -0.4 is 0 Å². The summed E-state index contributed by atoms with van der Waals surface area (Å²) in [6.07, 6.45) is 3.64. The second kappa shape index (κ2) is 4.94. The van der Waals surface area contributed by atoms with E-state index in [2.05, 4.69) is 16.9 Å². The lowest BCUT2D eigenvalue weighted by atomic mass is 10.3. The number of thioether (sulfide) groups is 1. The monoisotopic (exact) mass is 216 g/mol. The SMILES string of the molecule is C[C@@H](Sc1ccccn1)c1ccccn1. The minimum atomic E-state index is 0.334. The van der Waals surface area contributed by atoms with Gasteiger partial charge in [-0.3, -0.25) is 4.98 Å². The van der Waals surface area contributed by atoms with E-state index in [1.54, 1.807) is 11.8 Å². The number of hydrogen-bond donors (Lipinski definition) is 0. The smallest absolute Gasteiger partial charge is 0.0966 e. The van der Waals surface area contributed by atoms with Gasteiger partial charge in [-0.15, -0.1) is 0 Å². The van der Waals surface area contributed by atoms with Crippen LogP contribution in [-0.4, -0.2) is 9.97 Å². The Morgan fingerprint density at radius 1 is 1.00 bits per heavy atom. The molecule has 2 aromatic heterocycles. The van der Waals surface area contributed by atoms with E-state index < -0.39 is 0 Å². The van der Waals surface area contributed by atoms with Gasteiger partial charge in [0.1, 0.15) is 0 Å². The zero-order valence-electron chi connectivity index (χ0n) is 8.50. The maximum atomic E-state index is 4.33. The van der Waals surface area contributed by atoms with Crippen LogP contribution in [0.1, 0.15) is 17.9 Å². The van der Waals surface area contributed by atoms with E-state index >= 15 is 0 Å². The Kier molecular flexibility index (Phi) is 3.35. The van der Waals surface area contributed by atoms with E-state index in [1.165, 1.54) is 0 Å². The Morgan fingerprint density at radius 3 is 2.33 bits per heavy atom. The van der Waals surface area contributed by atoms with Crippen LogP contribution in [0.25, 0.3) is 0 Å². The summed E-state index contributed by atoms with van der Waals surface area (Å²) in [6, 6.07) is 11.9. The van der Waals surface area contributed by atoms with Crippen LogP contribution in [-0.2, 0) is 0 Å². The molecule has 0 bridgehead atoms. The maximum absolute atomic E-state index is 4.33. The molecule has 15 heavy (non-hydrogen) atoms. The molecule has 2 aromatic rings. The highest BCUT2D eigenvalue weighted by Crippen LogP contribution is 2.31. The van der Waals surface area contributed by atoms with Gasteiger partial charge < -0.3 is 0 Å². The van der Waals surface area contributed by atoms with Crippen molar-refractivity contribution < 1.29 is 0 Å². The standard InChI is InChI=1S/C12H12N2S/c1-10(11-6-2-4-8-13-11)15-12-7-3-5-9-14-12/h2-10H,1H3/t10-/m1/s1. The molecule has 3 heteroatoms. The van der Waals surface area contributed by atoms with Gasteiger partial charge in [0.25, 0.3) is 0 Å². The second-order valence-electron chi connectivity index (χ2n) is 3.18. The number of rotatable bonds is 3. The van der Waals surface area contributed by atoms with Gasteiger partial charge in [0.15, 0.2) is 0 Å². The van der Waals surface area contributed by atoms with Crippen molar-refractivity contribution in [3.8, 4) is 0 Å². The number of aromatic nitrogens is 2. The summed E-state index contributed by atoms with van der Waals surface area (Å²) in [5, 5.41) is 1.37. The first-order valence-corrected chi connectivity index (χ1v) is 5.73. The van der Waals surface area contributed by atoms with Crippen LogP contribution >= 0.6 is 11.8 Å². The van der Waals surface area contributed by atoms with Gasteiger partial charge in [-0.05, 0) is 31.2 Å². The molecule has 0 aliphatic heterocycles. The quantitative estimate of drug-likeness (QED) is 0.736. The molecular formula is C12H12N2S. The number of pyridine rings is 2. The number of nitrogens with zero attached hydrogens (tertiary/aromatic N) is 2. The summed E-state index contributed by atoms with van der Waals surface area (Å²) in [7, 11) is 0. The summed E-state index contributed by atoms with van der Waals surface area (Å²) in [5.74, 6) is 0. The van der Waals surface area contributed by atoms with Crippen LogP contribution in [0.4, 0.5) is 0 Å². The van der Waals surface area contributed by atoms with Crippen molar-refractivity contribution in [2.45, 2.75) is 17.2 Å². The van der Waals surface area contributed by atoms with Crippen molar-refractivity contribution in [2.75, 3.05) is 0 Å². The maximum Gasteiger partial charge on any atom is 0.0966 e. The highest BCUT2D eigenvalue weighted by molar-refractivity contribution is 7.99. The van der Waals surface area contributed by atoms with E-state index in [4.69, 9.17) is 0 Å². The first kappa shape index (κ1) is 10.2. The average Bonchev–Trinajstić information content (AvgIpc) is 2.31. The Hall–Kier alpha value is -1.35. The molecule has 0 aliphatic rings. The predicted octanol–water partition coefficient (Wildman–Crippen LogP) is 3.33. The average molecular weight is 216 g/mol. The summed E-state index contributed by atoms with van der Waals surface area (Å²) in [5.41, 5.74) is 1.09. The fraction of sp³-hybridized carbons (Fsp3) is 0.167. The molecule has 0 amide bonds. The Balaban J connectivity index is 2.08. The van der Waals surface area contributed by atoms with E-state index in [0.717, 1.165) is 10.7 Å². The van der Waals surface area contributed by atoms with Crippen molar-refractivity contribution in [3.05, 3.63) is 54.5 Å².